The lowest BCUT2D eigenvalue weighted by Crippen LogP contribution is -2.26. The summed E-state index contributed by atoms with van der Waals surface area (Å²) in [7, 11) is 0. The Balaban J connectivity index is 1.80. The maximum absolute atomic E-state index is 14.1. The lowest BCUT2D eigenvalue weighted by molar-refractivity contribution is -0.139. The average molecular weight is 582 g/mol. The first kappa shape index (κ1) is 29.4. The van der Waals surface area contributed by atoms with E-state index in [1.807, 2.05) is 0 Å². The molecule has 42 heavy (non-hydrogen) atoms. The molecule has 0 heterocycles. The number of hydrogen-bond acceptors (Lipinski definition) is 6. The van der Waals surface area contributed by atoms with E-state index in [0.29, 0.717) is 12.1 Å². The molecule has 0 radical (unpaired) electrons. The van der Waals surface area contributed by atoms with Crippen molar-refractivity contribution in [2.24, 2.45) is 0 Å². The second kappa shape index (κ2) is 11.5. The van der Waals surface area contributed by atoms with E-state index < -0.39 is 46.1 Å². The van der Waals surface area contributed by atoms with Gasteiger partial charge in [0.15, 0.2) is 0 Å². The molecule has 0 N–H and O–H groups in total. The van der Waals surface area contributed by atoms with Gasteiger partial charge < -0.3 is 9.47 Å². The third kappa shape index (κ3) is 6.24. The number of benzene rings is 4. The van der Waals surface area contributed by atoms with Crippen molar-refractivity contribution >= 4 is 23.8 Å². The summed E-state index contributed by atoms with van der Waals surface area (Å²) in [4.78, 5) is 43.8. The lowest BCUT2D eigenvalue weighted by Gasteiger charge is -2.19. The standard InChI is InChI=1S/C30H12F6O6/c31-29(32,33)27-11-23(41-21-3-1-17(13-37)19(9-21)15-39)5-7-25(27)26-8-6-24(12-28(26)30(34,35)36)42-22-4-2-18(14-38)20(10-22)16-40/h1-12H. The van der Waals surface area contributed by atoms with Crippen LogP contribution in [0.25, 0.3) is 11.1 Å². The molecule has 4 rings (SSSR count). The molecule has 0 aliphatic carbocycles. The zero-order valence-electron chi connectivity index (χ0n) is 20.6. The number of rotatable bonds is 5. The minimum atomic E-state index is -5.12. The van der Waals surface area contributed by atoms with Gasteiger partial charge >= 0.3 is 12.4 Å². The van der Waals surface area contributed by atoms with Gasteiger partial charge in [-0.05, 0) is 59.7 Å². The van der Waals surface area contributed by atoms with Crippen LogP contribution in [0.5, 0.6) is 23.0 Å². The largest absolute Gasteiger partial charge is 0.457 e. The predicted molar refractivity (Wildman–Crippen MR) is 133 cm³/mol. The van der Waals surface area contributed by atoms with Crippen LogP contribution in [-0.4, -0.2) is 23.8 Å². The van der Waals surface area contributed by atoms with Crippen LogP contribution in [0.2, 0.25) is 0 Å². The quantitative estimate of drug-likeness (QED) is 0.337. The summed E-state index contributed by atoms with van der Waals surface area (Å²) in [5, 5.41) is -0.832. The highest BCUT2D eigenvalue weighted by Gasteiger charge is 2.39. The van der Waals surface area contributed by atoms with Crippen LogP contribution in [-0.2, 0) is 31.5 Å². The summed E-state index contributed by atoms with van der Waals surface area (Å²) in [6, 6.07) is 11.3. The topological polar surface area (TPSA) is 86.7 Å². The van der Waals surface area contributed by atoms with Crippen molar-refractivity contribution in [1.29, 1.82) is 0 Å². The normalized spacial score (nSPS) is 11.1. The first-order chi connectivity index (χ1) is 19.9. The number of carbonyl (C=O) groups excluding carboxylic acids is 4. The van der Waals surface area contributed by atoms with Crippen LogP contribution >= 0.6 is 0 Å². The van der Waals surface area contributed by atoms with E-state index in [2.05, 4.69) is 0 Å². The fourth-order valence-electron chi connectivity index (χ4n) is 3.91. The maximum atomic E-state index is 14.1. The molecule has 0 aromatic heterocycles. The minimum Gasteiger partial charge on any atom is -0.457 e. The minimum absolute atomic E-state index is 0.139. The van der Waals surface area contributed by atoms with Gasteiger partial charge in [-0.15, -0.1) is 0 Å². The van der Waals surface area contributed by atoms with Crippen molar-refractivity contribution in [1.82, 2.24) is 0 Å². The Morgan fingerprint density at radius 2 is 0.738 bits per heavy atom. The van der Waals surface area contributed by atoms with Crippen molar-refractivity contribution < 1.29 is 55.0 Å². The average Bonchev–Trinajstić information content (AvgIpc) is 2.96. The lowest BCUT2D eigenvalue weighted by atomic mass is 9.94. The van der Waals surface area contributed by atoms with Gasteiger partial charge in [0.05, 0.1) is 32.0 Å². The molecule has 0 fully saturated rings. The van der Waals surface area contributed by atoms with Gasteiger partial charge in [0.25, 0.3) is 0 Å². The fourth-order valence-corrected chi connectivity index (χ4v) is 3.91. The molecule has 0 atom stereocenters. The van der Waals surface area contributed by atoms with Gasteiger partial charge in [0.1, 0.15) is 46.8 Å². The van der Waals surface area contributed by atoms with E-state index in [9.17, 15) is 45.5 Å². The van der Waals surface area contributed by atoms with Gasteiger partial charge in [-0.3, -0.25) is 0 Å². The number of alkyl halides is 6. The Kier molecular flexibility index (Phi) is 8.02. The molecule has 4 aromatic rings. The Morgan fingerprint density at radius 3 is 1.05 bits per heavy atom. The third-order valence-corrected chi connectivity index (χ3v) is 5.78. The molecular formula is C30H12F6O6. The monoisotopic (exact) mass is 582 g/mol. The molecule has 0 unspecified atom stereocenters. The van der Waals surface area contributed by atoms with E-state index in [4.69, 9.17) is 9.47 Å². The van der Waals surface area contributed by atoms with Crippen molar-refractivity contribution in [3.8, 4) is 34.1 Å². The van der Waals surface area contributed by atoms with Crippen LogP contribution in [0.15, 0.2) is 72.8 Å². The molecule has 0 aliphatic rings. The van der Waals surface area contributed by atoms with E-state index in [-0.39, 0.29) is 32.4 Å². The first-order valence-corrected chi connectivity index (χ1v) is 11.5. The zero-order valence-corrected chi connectivity index (χ0v) is 20.6. The van der Waals surface area contributed by atoms with Crippen LogP contribution < -0.4 is 30.3 Å². The first-order valence-electron chi connectivity index (χ1n) is 11.5. The number of hydrogen-bond donors (Lipinski definition) is 0. The Hall–Kier alpha value is -5.62. The van der Waals surface area contributed by atoms with Crippen LogP contribution in [0.1, 0.15) is 11.1 Å². The zero-order chi connectivity index (χ0) is 30.7. The molecule has 0 aliphatic heterocycles. The third-order valence-electron chi connectivity index (χ3n) is 5.78. The predicted octanol–water partition coefficient (Wildman–Crippen LogP) is 2.99. The second-order valence-corrected chi connectivity index (χ2v) is 8.44. The number of ether oxygens (including phenoxy) is 2. The van der Waals surface area contributed by atoms with Gasteiger partial charge in [-0.2, -0.15) is 26.3 Å². The van der Waals surface area contributed by atoms with Crippen molar-refractivity contribution in [2.75, 3.05) is 0 Å². The van der Waals surface area contributed by atoms with E-state index in [0.717, 1.165) is 48.5 Å². The molecule has 0 amide bonds. The Morgan fingerprint density at radius 1 is 0.429 bits per heavy atom. The van der Waals surface area contributed by atoms with Crippen LogP contribution in [0, 0.1) is 0 Å². The van der Waals surface area contributed by atoms with Gasteiger partial charge in [-0.1, -0.05) is 12.1 Å². The summed E-state index contributed by atoms with van der Waals surface area (Å²) >= 11 is 0. The van der Waals surface area contributed by atoms with E-state index in [1.165, 1.54) is 35.9 Å². The van der Waals surface area contributed by atoms with E-state index >= 15 is 0 Å². The highest BCUT2D eigenvalue weighted by Crippen LogP contribution is 2.45. The highest BCUT2D eigenvalue weighted by atomic mass is 19.4. The molecule has 6 nitrogen and oxygen atoms in total. The van der Waals surface area contributed by atoms with E-state index in [1.54, 1.807) is 0 Å². The summed E-state index contributed by atoms with van der Waals surface area (Å²) in [5.74, 6) is 4.80. The summed E-state index contributed by atoms with van der Waals surface area (Å²) in [5.41, 5.74) is -4.53. The van der Waals surface area contributed by atoms with Crippen LogP contribution in [0.4, 0.5) is 26.3 Å². The van der Waals surface area contributed by atoms with Gasteiger partial charge in [0.2, 0.25) is 0 Å². The molecule has 0 bridgehead atoms. The maximum Gasteiger partial charge on any atom is 0.417 e. The highest BCUT2D eigenvalue weighted by molar-refractivity contribution is 5.74. The molecular weight excluding hydrogens is 570 g/mol. The smallest absolute Gasteiger partial charge is 0.417 e. The molecule has 0 spiro atoms. The molecule has 210 valence electrons. The molecule has 4 aromatic carbocycles. The van der Waals surface area contributed by atoms with Crippen molar-refractivity contribution in [3.63, 3.8) is 0 Å². The van der Waals surface area contributed by atoms with Crippen molar-refractivity contribution in [2.45, 2.75) is 12.4 Å². The van der Waals surface area contributed by atoms with Crippen molar-refractivity contribution in [3.05, 3.63) is 105 Å². The Labute approximate surface area is 230 Å². The Bertz CT molecular complexity index is 1900. The fraction of sp³-hybridized carbons (Fsp3) is 0.0667. The number of halogens is 6. The molecule has 0 saturated heterocycles. The summed E-state index contributed by atoms with van der Waals surface area (Å²) in [6.45, 7) is 0. The molecule has 0 saturated carbocycles. The van der Waals surface area contributed by atoms with Gasteiger partial charge in [-0.25, -0.2) is 19.2 Å². The SMILES string of the molecule is O=C=c1ccc(Oc2ccc(-c3ccc(Oc4ccc(=C=O)c(=C=O)c4)cc3C(F)(F)F)c(C(F)(F)F)c2)cc1=C=O. The van der Waals surface area contributed by atoms with Gasteiger partial charge in [0, 0.05) is 12.1 Å². The summed E-state index contributed by atoms with van der Waals surface area (Å²) in [6.07, 6.45) is -10.2. The molecule has 12 heteroatoms. The second-order valence-electron chi connectivity index (χ2n) is 8.44. The van der Waals surface area contributed by atoms with Crippen LogP contribution in [0.3, 0.4) is 0 Å². The summed E-state index contributed by atoms with van der Waals surface area (Å²) < 4.78 is 95.2.